The number of rotatable bonds is 8. The Kier molecular flexibility index (Phi) is 7.96. The molecule has 0 fully saturated rings. The van der Waals surface area contributed by atoms with Gasteiger partial charge in [0, 0.05) is 17.6 Å². The maximum absolute atomic E-state index is 13.5. The molecule has 0 bridgehead atoms. The highest BCUT2D eigenvalue weighted by Crippen LogP contribution is 2.30. The van der Waals surface area contributed by atoms with Gasteiger partial charge in [0.1, 0.15) is 17.1 Å². The molecular formula is C26H24ClF3N4O6. The summed E-state index contributed by atoms with van der Waals surface area (Å²) < 4.78 is 55.3. The fourth-order valence-electron chi connectivity index (χ4n) is 3.76. The third-order valence-corrected chi connectivity index (χ3v) is 5.56. The SMILES string of the molecule is CC(C)(C)OC(=O)CCn1c(=O)[nH]c2nc(Oc3cccc(OC(F)(F)F)c3)n(Cc3ccc(Cl)cc3)c2c1=O. The number of imidazole rings is 1. The molecule has 14 heteroatoms. The van der Waals surface area contributed by atoms with Crippen molar-refractivity contribution in [3.63, 3.8) is 0 Å². The first-order valence-electron chi connectivity index (χ1n) is 11.9. The number of aromatic nitrogens is 4. The maximum atomic E-state index is 13.5. The first-order chi connectivity index (χ1) is 18.7. The summed E-state index contributed by atoms with van der Waals surface area (Å²) in [4.78, 5) is 45.2. The average Bonchev–Trinajstić information content (AvgIpc) is 3.14. The lowest BCUT2D eigenvalue weighted by molar-refractivity contribution is -0.274. The van der Waals surface area contributed by atoms with Crippen LogP contribution in [0.1, 0.15) is 32.8 Å². The van der Waals surface area contributed by atoms with Crippen molar-refractivity contribution in [3.8, 4) is 17.5 Å². The summed E-state index contributed by atoms with van der Waals surface area (Å²) in [5.74, 6) is -1.19. The molecule has 2 aromatic heterocycles. The van der Waals surface area contributed by atoms with Crippen LogP contribution in [0.4, 0.5) is 13.2 Å². The second-order valence-electron chi connectivity index (χ2n) is 9.65. The Morgan fingerprint density at radius 2 is 1.70 bits per heavy atom. The highest BCUT2D eigenvalue weighted by atomic mass is 35.5. The van der Waals surface area contributed by atoms with Gasteiger partial charge < -0.3 is 14.2 Å². The molecule has 0 radical (unpaired) electrons. The van der Waals surface area contributed by atoms with Gasteiger partial charge in [0.2, 0.25) is 0 Å². The van der Waals surface area contributed by atoms with Gasteiger partial charge in [0.15, 0.2) is 11.2 Å². The first-order valence-corrected chi connectivity index (χ1v) is 12.3. The Bertz CT molecular complexity index is 1650. The van der Waals surface area contributed by atoms with Crippen molar-refractivity contribution in [3.05, 3.63) is 80.0 Å². The Hall–Kier alpha value is -4.26. The molecular weight excluding hydrogens is 557 g/mol. The Morgan fingerprint density at radius 3 is 2.35 bits per heavy atom. The molecule has 4 rings (SSSR count). The van der Waals surface area contributed by atoms with E-state index in [9.17, 15) is 27.6 Å². The highest BCUT2D eigenvalue weighted by Gasteiger charge is 2.31. The number of carbonyl (C=O) groups excluding carboxylic acids is 1. The van der Waals surface area contributed by atoms with E-state index in [4.69, 9.17) is 21.1 Å². The maximum Gasteiger partial charge on any atom is 0.573 e. The summed E-state index contributed by atoms with van der Waals surface area (Å²) in [5.41, 5.74) is -1.82. The molecule has 0 amide bonds. The minimum absolute atomic E-state index is 0.0229. The number of halogens is 4. The van der Waals surface area contributed by atoms with Gasteiger partial charge in [-0.1, -0.05) is 29.8 Å². The highest BCUT2D eigenvalue weighted by molar-refractivity contribution is 6.30. The second-order valence-corrected chi connectivity index (χ2v) is 10.1. The van der Waals surface area contributed by atoms with Gasteiger partial charge in [0.05, 0.1) is 13.0 Å². The molecule has 0 spiro atoms. The van der Waals surface area contributed by atoms with E-state index in [-0.39, 0.29) is 42.4 Å². The monoisotopic (exact) mass is 580 g/mol. The minimum atomic E-state index is -4.91. The first kappa shape index (κ1) is 28.7. The van der Waals surface area contributed by atoms with Crippen LogP contribution in [0.2, 0.25) is 5.02 Å². The molecule has 0 aliphatic heterocycles. The average molecular weight is 581 g/mol. The van der Waals surface area contributed by atoms with Gasteiger partial charge in [-0.05, 0) is 50.6 Å². The van der Waals surface area contributed by atoms with E-state index < -0.39 is 34.9 Å². The predicted octanol–water partition coefficient (Wildman–Crippen LogP) is 5.01. The van der Waals surface area contributed by atoms with E-state index in [1.807, 2.05) is 0 Å². The molecule has 2 aromatic carbocycles. The smallest absolute Gasteiger partial charge is 0.460 e. The van der Waals surface area contributed by atoms with Crippen LogP contribution in [0.5, 0.6) is 17.5 Å². The molecule has 212 valence electrons. The zero-order valence-corrected chi connectivity index (χ0v) is 22.3. The zero-order chi connectivity index (χ0) is 29.2. The topological polar surface area (TPSA) is 117 Å². The van der Waals surface area contributed by atoms with Crippen LogP contribution in [0.3, 0.4) is 0 Å². The Labute approximate surface area is 229 Å². The van der Waals surface area contributed by atoms with Crippen LogP contribution >= 0.6 is 11.6 Å². The number of carbonyl (C=O) groups is 1. The molecule has 1 N–H and O–H groups in total. The number of hydrogen-bond donors (Lipinski definition) is 1. The van der Waals surface area contributed by atoms with Gasteiger partial charge in [0.25, 0.3) is 5.56 Å². The molecule has 10 nitrogen and oxygen atoms in total. The van der Waals surface area contributed by atoms with Crippen LogP contribution in [-0.4, -0.2) is 37.0 Å². The quantitative estimate of drug-likeness (QED) is 0.291. The summed E-state index contributed by atoms with van der Waals surface area (Å²) >= 11 is 5.98. The van der Waals surface area contributed by atoms with Crippen molar-refractivity contribution in [1.82, 2.24) is 19.1 Å². The number of benzene rings is 2. The normalized spacial score (nSPS) is 12.0. The van der Waals surface area contributed by atoms with Crippen molar-refractivity contribution in [2.24, 2.45) is 0 Å². The van der Waals surface area contributed by atoms with Crippen molar-refractivity contribution < 1.29 is 32.2 Å². The number of H-pyrrole nitrogens is 1. The standard InChI is InChI=1S/C26H24ClF3N4O6/c1-25(2,3)40-19(35)11-12-33-22(36)20-21(31-23(33)37)32-24(34(20)14-15-7-9-16(27)10-8-15)38-17-5-4-6-18(13-17)39-26(28,29)30/h4-10,13H,11-12,14H2,1-3H3,(H,31,37). The third-order valence-electron chi connectivity index (χ3n) is 5.31. The van der Waals surface area contributed by atoms with Crippen molar-refractivity contribution in [1.29, 1.82) is 0 Å². The summed E-state index contributed by atoms with van der Waals surface area (Å²) in [6.07, 6.45) is -5.16. The molecule has 0 aliphatic rings. The van der Waals surface area contributed by atoms with Gasteiger partial charge in [-0.25, -0.2) is 4.79 Å². The summed E-state index contributed by atoms with van der Waals surface area (Å²) in [7, 11) is 0. The lowest BCUT2D eigenvalue weighted by atomic mass is 10.2. The van der Waals surface area contributed by atoms with E-state index >= 15 is 0 Å². The molecule has 2 heterocycles. The Morgan fingerprint density at radius 1 is 1.02 bits per heavy atom. The molecule has 0 unspecified atom stereocenters. The number of aromatic amines is 1. The molecule has 0 saturated carbocycles. The minimum Gasteiger partial charge on any atom is -0.460 e. The zero-order valence-electron chi connectivity index (χ0n) is 21.5. The molecule has 0 aliphatic carbocycles. The van der Waals surface area contributed by atoms with Crippen LogP contribution in [0.25, 0.3) is 11.2 Å². The van der Waals surface area contributed by atoms with Crippen LogP contribution in [0.15, 0.2) is 58.1 Å². The number of hydrogen-bond acceptors (Lipinski definition) is 7. The van der Waals surface area contributed by atoms with Gasteiger partial charge in [-0.2, -0.15) is 4.98 Å². The van der Waals surface area contributed by atoms with Gasteiger partial charge in [-0.3, -0.25) is 23.7 Å². The number of alkyl halides is 3. The number of nitrogens with zero attached hydrogens (tertiary/aromatic N) is 3. The summed E-state index contributed by atoms with van der Waals surface area (Å²) in [5, 5.41) is 0.478. The van der Waals surface area contributed by atoms with E-state index in [0.717, 1.165) is 16.7 Å². The van der Waals surface area contributed by atoms with Crippen molar-refractivity contribution in [2.75, 3.05) is 0 Å². The second kappa shape index (κ2) is 11.1. The van der Waals surface area contributed by atoms with E-state index in [2.05, 4.69) is 14.7 Å². The number of nitrogens with one attached hydrogen (secondary N) is 1. The summed E-state index contributed by atoms with van der Waals surface area (Å²) in [6, 6.07) is 11.2. The predicted molar refractivity (Wildman–Crippen MR) is 139 cm³/mol. The lowest BCUT2D eigenvalue weighted by Crippen LogP contribution is -2.37. The van der Waals surface area contributed by atoms with Crippen LogP contribution < -0.4 is 20.7 Å². The van der Waals surface area contributed by atoms with Crippen LogP contribution in [0, 0.1) is 0 Å². The molecule has 4 aromatic rings. The van der Waals surface area contributed by atoms with E-state index in [1.165, 1.54) is 16.7 Å². The van der Waals surface area contributed by atoms with E-state index in [0.29, 0.717) is 10.6 Å². The number of esters is 1. The fraction of sp³-hybridized carbons (Fsp3) is 0.308. The summed E-state index contributed by atoms with van der Waals surface area (Å²) in [6.45, 7) is 4.83. The lowest BCUT2D eigenvalue weighted by Gasteiger charge is -2.19. The van der Waals surface area contributed by atoms with Crippen molar-refractivity contribution >= 4 is 28.7 Å². The molecule has 0 saturated heterocycles. The molecule has 40 heavy (non-hydrogen) atoms. The number of ether oxygens (including phenoxy) is 3. The van der Waals surface area contributed by atoms with Gasteiger partial charge in [-0.15, -0.1) is 13.2 Å². The van der Waals surface area contributed by atoms with Crippen LogP contribution in [-0.2, 0) is 22.6 Å². The van der Waals surface area contributed by atoms with E-state index in [1.54, 1.807) is 45.0 Å². The Balaban J connectivity index is 1.76. The van der Waals surface area contributed by atoms with Gasteiger partial charge >= 0.3 is 24.0 Å². The fourth-order valence-corrected chi connectivity index (χ4v) is 3.89. The largest absolute Gasteiger partial charge is 0.573 e. The van der Waals surface area contributed by atoms with Crippen molar-refractivity contribution in [2.45, 2.75) is 52.2 Å². The third kappa shape index (κ3) is 7.23. The molecule has 0 atom stereocenters. The number of fused-ring (bicyclic) bond motifs is 1.